The molecule has 0 saturated heterocycles. The molecule has 1 aromatic rings. The molecule has 7 heteroatoms. The van der Waals surface area contributed by atoms with Crippen molar-refractivity contribution in [2.45, 2.75) is 11.8 Å². The highest BCUT2D eigenvalue weighted by atomic mass is 35.5. The highest BCUT2D eigenvalue weighted by Crippen LogP contribution is 2.22. The van der Waals surface area contributed by atoms with Crippen LogP contribution in [0.15, 0.2) is 23.1 Å². The number of hydrogen-bond donors (Lipinski definition) is 2. The van der Waals surface area contributed by atoms with E-state index in [0.717, 1.165) is 6.54 Å². The molecule has 3 N–H and O–H groups in total. The summed E-state index contributed by atoms with van der Waals surface area (Å²) in [5.74, 6) is 0. The maximum absolute atomic E-state index is 12.0. The van der Waals surface area contributed by atoms with Crippen molar-refractivity contribution in [3.63, 3.8) is 0 Å². The average Bonchev–Trinajstić information content (AvgIpc) is 2.31. The molecule has 0 bridgehead atoms. The largest absolute Gasteiger partial charge is 0.398 e. The Morgan fingerprint density at radius 3 is 2.72 bits per heavy atom. The highest BCUT2D eigenvalue weighted by Gasteiger charge is 2.17. The second-order valence-corrected chi connectivity index (χ2v) is 6.15. The predicted molar refractivity (Wildman–Crippen MR) is 74.2 cm³/mol. The molecule has 0 aliphatic rings. The molecule has 102 valence electrons. The summed E-state index contributed by atoms with van der Waals surface area (Å²) >= 11 is 5.77. The molecule has 0 aliphatic heterocycles. The molecule has 0 spiro atoms. The molecule has 0 amide bonds. The number of nitrogens with one attached hydrogen (secondary N) is 1. The van der Waals surface area contributed by atoms with Crippen LogP contribution in [0, 0.1) is 0 Å². The van der Waals surface area contributed by atoms with Crippen LogP contribution >= 0.6 is 11.6 Å². The minimum absolute atomic E-state index is 0.0224. The number of nitrogens with zero attached hydrogens (tertiary/aromatic N) is 1. The topological polar surface area (TPSA) is 75.4 Å². The van der Waals surface area contributed by atoms with Gasteiger partial charge in [0.25, 0.3) is 0 Å². The van der Waals surface area contributed by atoms with Gasteiger partial charge in [0.15, 0.2) is 0 Å². The number of sulfonamides is 1. The van der Waals surface area contributed by atoms with E-state index in [4.69, 9.17) is 17.3 Å². The van der Waals surface area contributed by atoms with E-state index in [1.165, 1.54) is 12.1 Å². The normalized spacial score (nSPS) is 12.0. The Kier molecular flexibility index (Phi) is 5.40. The first kappa shape index (κ1) is 15.2. The molecule has 0 heterocycles. The Morgan fingerprint density at radius 1 is 1.44 bits per heavy atom. The van der Waals surface area contributed by atoms with Crippen molar-refractivity contribution in [2.24, 2.45) is 0 Å². The molecular formula is C11H18ClN3O2S. The number of hydrogen-bond acceptors (Lipinski definition) is 4. The molecule has 0 saturated carbocycles. The molecule has 1 aromatic carbocycles. The van der Waals surface area contributed by atoms with Gasteiger partial charge in [-0.15, -0.1) is 0 Å². The summed E-state index contributed by atoms with van der Waals surface area (Å²) < 4.78 is 26.5. The second kappa shape index (κ2) is 6.38. The van der Waals surface area contributed by atoms with Crippen LogP contribution in [0.2, 0.25) is 5.02 Å². The average molecular weight is 292 g/mol. The van der Waals surface area contributed by atoms with Crippen molar-refractivity contribution in [3.8, 4) is 0 Å². The van der Waals surface area contributed by atoms with Crippen molar-refractivity contribution in [2.75, 3.05) is 32.4 Å². The zero-order chi connectivity index (χ0) is 13.8. The molecule has 0 atom stereocenters. The fourth-order valence-corrected chi connectivity index (χ4v) is 2.76. The van der Waals surface area contributed by atoms with Gasteiger partial charge in [0.2, 0.25) is 10.0 Å². The lowest BCUT2D eigenvalue weighted by atomic mass is 10.3. The van der Waals surface area contributed by atoms with E-state index in [0.29, 0.717) is 18.1 Å². The Bertz CT molecular complexity index is 505. The molecule has 18 heavy (non-hydrogen) atoms. The van der Waals surface area contributed by atoms with Gasteiger partial charge < -0.3 is 10.6 Å². The van der Waals surface area contributed by atoms with Gasteiger partial charge in [-0.25, -0.2) is 13.1 Å². The second-order valence-electron chi connectivity index (χ2n) is 3.98. The van der Waals surface area contributed by atoms with Gasteiger partial charge in [0.1, 0.15) is 4.90 Å². The lowest BCUT2D eigenvalue weighted by molar-refractivity contribution is 0.358. The van der Waals surface area contributed by atoms with Crippen LogP contribution in [0.3, 0.4) is 0 Å². The van der Waals surface area contributed by atoms with E-state index in [-0.39, 0.29) is 10.6 Å². The standard InChI is InChI=1S/C11H18ClN3O2S/c1-3-15(2)7-6-14-18(16,17)11-8-9(12)4-5-10(11)13/h4-5,8,14H,3,6-7,13H2,1-2H3. The van der Waals surface area contributed by atoms with Crippen molar-refractivity contribution < 1.29 is 8.42 Å². The van der Waals surface area contributed by atoms with E-state index < -0.39 is 10.0 Å². The summed E-state index contributed by atoms with van der Waals surface area (Å²) in [5.41, 5.74) is 5.84. The number of nitrogens with two attached hydrogens (primary N) is 1. The summed E-state index contributed by atoms with van der Waals surface area (Å²) in [7, 11) is -1.68. The molecule has 0 radical (unpaired) electrons. The maximum atomic E-state index is 12.0. The van der Waals surface area contributed by atoms with E-state index in [1.807, 2.05) is 18.9 Å². The zero-order valence-electron chi connectivity index (χ0n) is 10.5. The van der Waals surface area contributed by atoms with E-state index >= 15 is 0 Å². The lowest BCUT2D eigenvalue weighted by Gasteiger charge is -2.14. The minimum Gasteiger partial charge on any atom is -0.398 e. The number of anilines is 1. The summed E-state index contributed by atoms with van der Waals surface area (Å²) in [5, 5.41) is 0.343. The van der Waals surface area contributed by atoms with E-state index in [2.05, 4.69) is 4.72 Å². The van der Waals surface area contributed by atoms with Gasteiger partial charge in [0.05, 0.1) is 5.69 Å². The van der Waals surface area contributed by atoms with Crippen molar-refractivity contribution >= 4 is 27.3 Å². The Morgan fingerprint density at radius 2 is 2.11 bits per heavy atom. The SMILES string of the molecule is CCN(C)CCNS(=O)(=O)c1cc(Cl)ccc1N. The first-order valence-electron chi connectivity index (χ1n) is 5.60. The predicted octanol–water partition coefficient (Wildman–Crippen LogP) is 1.15. The summed E-state index contributed by atoms with van der Waals surface area (Å²) in [6, 6.07) is 4.39. The first-order chi connectivity index (χ1) is 8.36. The van der Waals surface area contributed by atoms with Crippen LogP contribution < -0.4 is 10.5 Å². The number of likely N-dealkylation sites (N-methyl/N-ethyl adjacent to an activating group) is 1. The molecule has 0 fully saturated rings. The lowest BCUT2D eigenvalue weighted by Crippen LogP contribution is -2.33. The fourth-order valence-electron chi connectivity index (χ4n) is 1.35. The third-order valence-electron chi connectivity index (χ3n) is 2.59. The van der Waals surface area contributed by atoms with Crippen LogP contribution in [0.25, 0.3) is 0 Å². The zero-order valence-corrected chi connectivity index (χ0v) is 12.1. The van der Waals surface area contributed by atoms with Crippen LogP contribution in [0.5, 0.6) is 0 Å². The number of halogens is 1. The van der Waals surface area contributed by atoms with E-state index in [9.17, 15) is 8.42 Å². The van der Waals surface area contributed by atoms with Gasteiger partial charge >= 0.3 is 0 Å². The molecule has 1 rings (SSSR count). The van der Waals surface area contributed by atoms with Crippen LogP contribution in [-0.4, -0.2) is 40.0 Å². The first-order valence-corrected chi connectivity index (χ1v) is 7.46. The maximum Gasteiger partial charge on any atom is 0.242 e. The molecule has 5 nitrogen and oxygen atoms in total. The minimum atomic E-state index is -3.60. The van der Waals surface area contributed by atoms with Gasteiger partial charge in [-0.2, -0.15) is 0 Å². The summed E-state index contributed by atoms with van der Waals surface area (Å²) in [6.07, 6.45) is 0. The van der Waals surface area contributed by atoms with Crippen LogP contribution in [-0.2, 0) is 10.0 Å². The van der Waals surface area contributed by atoms with Crippen molar-refractivity contribution in [3.05, 3.63) is 23.2 Å². The Balaban J connectivity index is 2.77. The molecule has 0 aromatic heterocycles. The third kappa shape index (κ3) is 4.13. The van der Waals surface area contributed by atoms with Gasteiger partial charge in [0, 0.05) is 18.1 Å². The van der Waals surface area contributed by atoms with E-state index in [1.54, 1.807) is 6.07 Å². The highest BCUT2D eigenvalue weighted by molar-refractivity contribution is 7.89. The van der Waals surface area contributed by atoms with Gasteiger partial charge in [-0.1, -0.05) is 18.5 Å². The van der Waals surface area contributed by atoms with Crippen LogP contribution in [0.1, 0.15) is 6.92 Å². The fraction of sp³-hybridized carbons (Fsp3) is 0.455. The number of rotatable bonds is 6. The van der Waals surface area contributed by atoms with Crippen LogP contribution in [0.4, 0.5) is 5.69 Å². The van der Waals surface area contributed by atoms with Crippen molar-refractivity contribution in [1.82, 2.24) is 9.62 Å². The Hall–Kier alpha value is -0.820. The quantitative estimate of drug-likeness (QED) is 0.771. The molecular weight excluding hydrogens is 274 g/mol. The Labute approximate surface area is 113 Å². The van der Waals surface area contributed by atoms with Gasteiger partial charge in [-0.05, 0) is 31.8 Å². The molecule has 0 unspecified atom stereocenters. The number of benzene rings is 1. The summed E-state index contributed by atoms with van der Waals surface area (Å²) in [4.78, 5) is 2.03. The monoisotopic (exact) mass is 291 g/mol. The third-order valence-corrected chi connectivity index (χ3v) is 4.34. The van der Waals surface area contributed by atoms with Gasteiger partial charge in [-0.3, -0.25) is 0 Å². The van der Waals surface area contributed by atoms with Crippen molar-refractivity contribution in [1.29, 1.82) is 0 Å². The smallest absolute Gasteiger partial charge is 0.242 e. The number of nitrogen functional groups attached to an aromatic ring is 1. The summed E-state index contributed by atoms with van der Waals surface area (Å²) in [6.45, 7) is 3.83. The molecule has 0 aliphatic carbocycles.